The van der Waals surface area contributed by atoms with E-state index in [4.69, 9.17) is 11.6 Å². The van der Waals surface area contributed by atoms with Crippen LogP contribution in [0.3, 0.4) is 0 Å². The molecule has 6 heteroatoms. The van der Waals surface area contributed by atoms with Crippen molar-refractivity contribution in [2.75, 3.05) is 19.6 Å². The third kappa shape index (κ3) is 2.40. The van der Waals surface area contributed by atoms with Crippen molar-refractivity contribution in [1.82, 2.24) is 10.2 Å². The fraction of sp³-hybridized carbons (Fsp3) is 0.500. The van der Waals surface area contributed by atoms with Crippen molar-refractivity contribution in [1.29, 1.82) is 0 Å². The van der Waals surface area contributed by atoms with Gasteiger partial charge >= 0.3 is 0 Å². The summed E-state index contributed by atoms with van der Waals surface area (Å²) in [7, 11) is 0. The van der Waals surface area contributed by atoms with Gasteiger partial charge in [-0.05, 0) is 37.4 Å². The highest BCUT2D eigenvalue weighted by atomic mass is 35.5. The average molecular weight is 301 g/mol. The van der Waals surface area contributed by atoms with Crippen molar-refractivity contribution < 1.29 is 13.6 Å². The van der Waals surface area contributed by atoms with Gasteiger partial charge in [-0.25, -0.2) is 8.78 Å². The van der Waals surface area contributed by atoms with Gasteiger partial charge in [0, 0.05) is 19.1 Å². The largest absolute Gasteiger partial charge is 0.337 e. The quantitative estimate of drug-likeness (QED) is 0.808. The lowest BCUT2D eigenvalue weighted by molar-refractivity contribution is 0.0780. The van der Waals surface area contributed by atoms with E-state index < -0.39 is 17.5 Å². The minimum atomic E-state index is -0.774. The van der Waals surface area contributed by atoms with E-state index in [1.54, 1.807) is 4.90 Å². The summed E-state index contributed by atoms with van der Waals surface area (Å²) >= 11 is 5.50. The Hall–Kier alpha value is -1.20. The van der Waals surface area contributed by atoms with Crippen molar-refractivity contribution >= 4 is 17.5 Å². The van der Waals surface area contributed by atoms with Crippen molar-refractivity contribution in [3.63, 3.8) is 0 Å². The number of carbonyl (C=O) groups excluding carboxylic acids is 1. The van der Waals surface area contributed by atoms with E-state index in [2.05, 4.69) is 5.32 Å². The second kappa shape index (κ2) is 5.30. The molecule has 0 spiro atoms. The second-order valence-electron chi connectivity index (χ2n) is 5.42. The monoisotopic (exact) mass is 300 g/mol. The van der Waals surface area contributed by atoms with Gasteiger partial charge in [0.2, 0.25) is 0 Å². The van der Waals surface area contributed by atoms with Crippen LogP contribution in [0.4, 0.5) is 8.78 Å². The number of benzene rings is 1. The van der Waals surface area contributed by atoms with Crippen molar-refractivity contribution in [2.24, 2.45) is 5.92 Å². The summed E-state index contributed by atoms with van der Waals surface area (Å²) in [6, 6.07) is 2.01. The molecule has 20 heavy (non-hydrogen) atoms. The molecule has 2 aliphatic rings. The number of fused-ring (bicyclic) bond motifs is 1. The number of carbonyl (C=O) groups is 1. The number of hydrogen-bond donors (Lipinski definition) is 1. The second-order valence-corrected chi connectivity index (χ2v) is 5.83. The molecule has 3 rings (SSSR count). The zero-order valence-electron chi connectivity index (χ0n) is 10.8. The van der Waals surface area contributed by atoms with E-state index in [9.17, 15) is 13.6 Å². The fourth-order valence-electron chi connectivity index (χ4n) is 3.07. The summed E-state index contributed by atoms with van der Waals surface area (Å²) in [4.78, 5) is 13.9. The molecule has 1 aromatic rings. The first kappa shape index (κ1) is 13.8. The Morgan fingerprint density at radius 3 is 2.85 bits per heavy atom. The molecule has 2 fully saturated rings. The lowest BCUT2D eigenvalue weighted by Gasteiger charge is -2.24. The van der Waals surface area contributed by atoms with E-state index in [0.717, 1.165) is 31.5 Å². The lowest BCUT2D eigenvalue weighted by Crippen LogP contribution is -2.41. The van der Waals surface area contributed by atoms with Crippen LogP contribution in [0.15, 0.2) is 12.1 Å². The topological polar surface area (TPSA) is 32.3 Å². The standard InChI is InChI=1S/C14H15ClF2N2O/c15-10-5-11(16)9(4-12(10)17)14(20)19-6-8-2-1-3-18-13(8)7-19/h4-5,8,13,18H,1-3,6-7H2. The van der Waals surface area contributed by atoms with Crippen LogP contribution in [0.2, 0.25) is 5.02 Å². The number of nitrogens with one attached hydrogen (secondary N) is 1. The molecule has 0 aliphatic carbocycles. The molecular formula is C14H15ClF2N2O. The van der Waals surface area contributed by atoms with Gasteiger partial charge in [0.1, 0.15) is 11.6 Å². The first-order valence-corrected chi connectivity index (χ1v) is 7.11. The molecule has 2 aliphatic heterocycles. The third-order valence-electron chi connectivity index (χ3n) is 4.13. The highest BCUT2D eigenvalue weighted by Crippen LogP contribution is 2.27. The van der Waals surface area contributed by atoms with Crippen LogP contribution in [0.1, 0.15) is 23.2 Å². The number of likely N-dealkylation sites (tertiary alicyclic amines) is 1. The predicted octanol–water partition coefficient (Wildman–Crippen LogP) is 2.44. The number of amides is 1. The summed E-state index contributed by atoms with van der Waals surface area (Å²) < 4.78 is 27.2. The summed E-state index contributed by atoms with van der Waals surface area (Å²) in [5.41, 5.74) is -0.245. The number of nitrogens with zero attached hydrogens (tertiary/aromatic N) is 1. The van der Waals surface area contributed by atoms with Crippen LogP contribution in [-0.2, 0) is 0 Å². The van der Waals surface area contributed by atoms with Gasteiger partial charge in [-0.15, -0.1) is 0 Å². The van der Waals surface area contributed by atoms with Crippen LogP contribution < -0.4 is 5.32 Å². The number of rotatable bonds is 1. The summed E-state index contributed by atoms with van der Waals surface area (Å²) in [5, 5.41) is 3.06. The van der Waals surface area contributed by atoms with Crippen LogP contribution in [0.5, 0.6) is 0 Å². The molecule has 2 atom stereocenters. The highest BCUT2D eigenvalue weighted by Gasteiger charge is 2.37. The Morgan fingerprint density at radius 2 is 2.10 bits per heavy atom. The Labute approximate surface area is 120 Å². The van der Waals surface area contributed by atoms with Gasteiger partial charge in [0.05, 0.1) is 10.6 Å². The summed E-state index contributed by atoms with van der Waals surface area (Å²) in [6.07, 6.45) is 2.16. The van der Waals surface area contributed by atoms with Crippen LogP contribution in [-0.4, -0.2) is 36.5 Å². The molecule has 0 saturated carbocycles. The molecule has 2 heterocycles. The molecule has 108 valence electrons. The van der Waals surface area contributed by atoms with Gasteiger partial charge < -0.3 is 10.2 Å². The molecular weight excluding hydrogens is 286 g/mol. The first-order chi connectivity index (χ1) is 9.56. The minimum Gasteiger partial charge on any atom is -0.337 e. The van der Waals surface area contributed by atoms with Gasteiger partial charge in [-0.1, -0.05) is 11.6 Å². The Morgan fingerprint density at radius 1 is 1.30 bits per heavy atom. The van der Waals surface area contributed by atoms with Crippen LogP contribution in [0.25, 0.3) is 0 Å². The minimum absolute atomic E-state index is 0.245. The maximum absolute atomic E-state index is 13.8. The molecule has 1 N–H and O–H groups in total. The number of hydrogen-bond acceptors (Lipinski definition) is 2. The first-order valence-electron chi connectivity index (χ1n) is 6.73. The molecule has 2 unspecified atom stereocenters. The molecule has 0 aromatic heterocycles. The molecule has 1 aromatic carbocycles. The van der Waals surface area contributed by atoms with E-state index in [1.165, 1.54) is 0 Å². The lowest BCUT2D eigenvalue weighted by atomic mass is 9.94. The third-order valence-corrected chi connectivity index (χ3v) is 4.42. The van der Waals surface area contributed by atoms with E-state index in [0.29, 0.717) is 19.0 Å². The molecule has 3 nitrogen and oxygen atoms in total. The molecule has 2 saturated heterocycles. The Balaban J connectivity index is 1.81. The Kier molecular flexibility index (Phi) is 3.65. The predicted molar refractivity (Wildman–Crippen MR) is 71.8 cm³/mol. The maximum atomic E-state index is 13.8. The van der Waals surface area contributed by atoms with Crippen LogP contribution in [0, 0.1) is 17.6 Å². The van der Waals surface area contributed by atoms with Crippen molar-refractivity contribution in [3.8, 4) is 0 Å². The average Bonchev–Trinajstić information content (AvgIpc) is 2.86. The van der Waals surface area contributed by atoms with E-state index in [-0.39, 0.29) is 16.6 Å². The van der Waals surface area contributed by atoms with Gasteiger partial charge in [-0.2, -0.15) is 0 Å². The van der Waals surface area contributed by atoms with E-state index >= 15 is 0 Å². The van der Waals surface area contributed by atoms with Crippen molar-refractivity contribution in [2.45, 2.75) is 18.9 Å². The molecule has 0 bridgehead atoms. The SMILES string of the molecule is O=C(c1cc(F)c(Cl)cc1F)N1CC2CCCNC2C1. The number of halogens is 3. The number of piperidine rings is 1. The molecule has 1 amide bonds. The summed E-state index contributed by atoms with van der Waals surface area (Å²) in [5.74, 6) is -1.60. The fourth-order valence-corrected chi connectivity index (χ4v) is 3.22. The zero-order chi connectivity index (χ0) is 14.3. The van der Waals surface area contributed by atoms with E-state index in [1.807, 2.05) is 0 Å². The zero-order valence-corrected chi connectivity index (χ0v) is 11.6. The highest BCUT2D eigenvalue weighted by molar-refractivity contribution is 6.30. The summed E-state index contributed by atoms with van der Waals surface area (Å²) in [6.45, 7) is 2.10. The van der Waals surface area contributed by atoms with Crippen molar-refractivity contribution in [3.05, 3.63) is 34.4 Å². The van der Waals surface area contributed by atoms with Crippen LogP contribution >= 0.6 is 11.6 Å². The molecule has 0 radical (unpaired) electrons. The normalized spacial score (nSPS) is 25.6. The maximum Gasteiger partial charge on any atom is 0.257 e. The van der Waals surface area contributed by atoms with Gasteiger partial charge in [0.25, 0.3) is 5.91 Å². The van der Waals surface area contributed by atoms with Gasteiger partial charge in [-0.3, -0.25) is 4.79 Å². The smallest absolute Gasteiger partial charge is 0.257 e. The Bertz CT molecular complexity index is 538. The van der Waals surface area contributed by atoms with Gasteiger partial charge in [0.15, 0.2) is 0 Å².